The average Bonchev–Trinajstić information content (AvgIpc) is 3.45. The highest BCUT2D eigenvalue weighted by Crippen LogP contribution is 2.31. The molecule has 0 fully saturated rings. The Bertz CT molecular complexity index is 1520. The molecule has 0 aliphatic rings. The molecule has 0 amide bonds. The van der Waals surface area contributed by atoms with Crippen LogP contribution in [-0.4, -0.2) is 31.3 Å². The van der Waals surface area contributed by atoms with E-state index in [9.17, 15) is 10.2 Å². The van der Waals surface area contributed by atoms with Gasteiger partial charge in [0.1, 0.15) is 23.2 Å². The van der Waals surface area contributed by atoms with Crippen molar-refractivity contribution in [2.45, 2.75) is 88.1 Å². The lowest BCUT2D eigenvalue weighted by Gasteiger charge is -2.23. The summed E-state index contributed by atoms with van der Waals surface area (Å²) < 4.78 is 2.16. The molecule has 0 aliphatic carbocycles. The average molecular weight is 611 g/mol. The van der Waals surface area contributed by atoms with Crippen molar-refractivity contribution in [1.29, 1.82) is 0 Å². The molecule has 2 aromatic carbocycles. The van der Waals surface area contributed by atoms with Gasteiger partial charge in [0.2, 0.25) is 0 Å². The Labute approximate surface area is 271 Å². The Kier molecular flexibility index (Phi) is 14.8. The number of aromatic hydroxyl groups is 2. The van der Waals surface area contributed by atoms with Crippen LogP contribution in [0.5, 0.6) is 11.5 Å². The van der Waals surface area contributed by atoms with Crippen LogP contribution >= 0.6 is 0 Å². The van der Waals surface area contributed by atoms with Crippen LogP contribution in [0.4, 0.5) is 0 Å². The first-order valence-corrected chi connectivity index (χ1v) is 16.0. The van der Waals surface area contributed by atoms with Crippen molar-refractivity contribution < 1.29 is 10.2 Å². The molecule has 0 bridgehead atoms. The molecule has 6 heteroatoms. The van der Waals surface area contributed by atoms with Crippen LogP contribution in [0.1, 0.15) is 91.6 Å². The molecule has 0 spiro atoms. The summed E-state index contributed by atoms with van der Waals surface area (Å²) in [6, 6.07) is 14.5. The van der Waals surface area contributed by atoms with E-state index >= 15 is 0 Å². The fraction of sp³-hybridized carbons (Fsp3) is 0.410. The lowest BCUT2D eigenvalue weighted by atomic mass is 9.84. The SMILES string of the molecule is C=C(C(C)CC)C(C)/C(C)=C(/CCn1ccnc1C)N=C(N=C(C)c1ccccc1O)C(C)CC.C=C(C)c1ccccc1O. The molecule has 0 aliphatic heterocycles. The van der Waals surface area contributed by atoms with Gasteiger partial charge in [0.05, 0.1) is 5.71 Å². The highest BCUT2D eigenvalue weighted by atomic mass is 16.3. The summed E-state index contributed by atoms with van der Waals surface area (Å²) >= 11 is 0. The molecule has 45 heavy (non-hydrogen) atoms. The van der Waals surface area contributed by atoms with E-state index in [1.165, 1.54) is 11.1 Å². The maximum Gasteiger partial charge on any atom is 0.131 e. The van der Waals surface area contributed by atoms with Gasteiger partial charge in [-0.1, -0.05) is 83.7 Å². The van der Waals surface area contributed by atoms with Crippen molar-refractivity contribution in [3.05, 3.63) is 108 Å². The number of amidine groups is 1. The number of hydrogen-bond donors (Lipinski definition) is 2. The first-order valence-electron chi connectivity index (χ1n) is 16.0. The summed E-state index contributed by atoms with van der Waals surface area (Å²) in [4.78, 5) is 14.5. The number of rotatable bonds is 12. The Hall–Kier alpha value is -4.19. The molecular weight excluding hydrogens is 556 g/mol. The highest BCUT2D eigenvalue weighted by molar-refractivity contribution is 6.08. The van der Waals surface area contributed by atoms with Gasteiger partial charge in [0.15, 0.2) is 0 Å². The maximum absolute atomic E-state index is 10.3. The number of aryl methyl sites for hydroxylation is 2. The van der Waals surface area contributed by atoms with Gasteiger partial charge in [-0.2, -0.15) is 0 Å². The number of nitrogens with zero attached hydrogens (tertiary/aromatic N) is 4. The molecule has 1 aromatic heterocycles. The van der Waals surface area contributed by atoms with Gasteiger partial charge in [-0.25, -0.2) is 15.0 Å². The van der Waals surface area contributed by atoms with Gasteiger partial charge in [0.25, 0.3) is 0 Å². The molecule has 0 saturated carbocycles. The van der Waals surface area contributed by atoms with Crippen molar-refractivity contribution in [2.75, 3.05) is 0 Å². The quantitative estimate of drug-likeness (QED) is 0.122. The Balaban J connectivity index is 0.000000596. The molecule has 242 valence electrons. The van der Waals surface area contributed by atoms with E-state index in [0.29, 0.717) is 11.7 Å². The van der Waals surface area contributed by atoms with Gasteiger partial charge in [-0.05, 0) is 81.7 Å². The van der Waals surface area contributed by atoms with Gasteiger partial charge in [-0.15, -0.1) is 0 Å². The maximum atomic E-state index is 10.3. The summed E-state index contributed by atoms with van der Waals surface area (Å²) in [5.41, 5.74) is 6.75. The van der Waals surface area contributed by atoms with Crippen LogP contribution in [0.2, 0.25) is 0 Å². The molecule has 3 aromatic rings. The second kappa shape index (κ2) is 17.9. The number of aromatic nitrogens is 2. The third kappa shape index (κ3) is 10.7. The zero-order valence-electron chi connectivity index (χ0n) is 28.9. The van der Waals surface area contributed by atoms with E-state index < -0.39 is 0 Å². The lowest BCUT2D eigenvalue weighted by molar-refractivity contribution is 0.473. The first kappa shape index (κ1) is 37.0. The standard InChI is InChI=1S/C30H44N4O.C9H10O/c1-10-20(3)22(5)23(6)24(7)28(16-18-34-19-17-31-26(34)9)33-30(21(4)11-2)32-25(8)27-14-12-13-15-29(27)35;1-7(2)8-5-3-4-6-9(8)10/h12-15,17,19-21,23,35H,5,10-11,16,18H2,1-4,6-9H3;3-6,10H,1H2,2H3/b28-24-,32-25?,33-30?;. The van der Waals surface area contributed by atoms with Crippen LogP contribution in [-0.2, 0) is 6.54 Å². The van der Waals surface area contributed by atoms with Crippen LogP contribution in [0.25, 0.3) is 5.57 Å². The van der Waals surface area contributed by atoms with Crippen molar-refractivity contribution in [3.8, 4) is 11.5 Å². The number of benzene rings is 2. The van der Waals surface area contributed by atoms with E-state index in [-0.39, 0.29) is 17.6 Å². The molecular formula is C39H54N4O2. The van der Waals surface area contributed by atoms with E-state index in [4.69, 9.17) is 9.98 Å². The second-order valence-electron chi connectivity index (χ2n) is 11.9. The predicted molar refractivity (Wildman–Crippen MR) is 192 cm³/mol. The monoisotopic (exact) mass is 610 g/mol. The molecule has 1 heterocycles. The third-order valence-corrected chi connectivity index (χ3v) is 8.66. The van der Waals surface area contributed by atoms with Gasteiger partial charge < -0.3 is 14.8 Å². The zero-order chi connectivity index (χ0) is 33.7. The van der Waals surface area contributed by atoms with E-state index in [2.05, 4.69) is 64.3 Å². The summed E-state index contributed by atoms with van der Waals surface area (Å²) in [6.07, 6.45) is 6.65. The smallest absolute Gasteiger partial charge is 0.131 e. The minimum atomic E-state index is 0.182. The number of hydrogen-bond acceptors (Lipinski definition) is 4. The van der Waals surface area contributed by atoms with Crippen molar-refractivity contribution in [1.82, 2.24) is 9.55 Å². The summed E-state index contributed by atoms with van der Waals surface area (Å²) in [7, 11) is 0. The highest BCUT2D eigenvalue weighted by Gasteiger charge is 2.19. The molecule has 3 rings (SSSR count). The third-order valence-electron chi connectivity index (χ3n) is 8.66. The molecule has 6 nitrogen and oxygen atoms in total. The summed E-state index contributed by atoms with van der Waals surface area (Å²) in [6.45, 7) is 28.0. The Morgan fingerprint density at radius 2 is 1.40 bits per heavy atom. The van der Waals surface area contributed by atoms with Crippen LogP contribution in [0, 0.1) is 24.7 Å². The molecule has 0 saturated heterocycles. The number of aliphatic imine (C=N–C) groups is 2. The fourth-order valence-electron chi connectivity index (χ4n) is 4.84. The van der Waals surface area contributed by atoms with E-state index in [1.54, 1.807) is 18.2 Å². The van der Waals surface area contributed by atoms with Gasteiger partial charge in [0, 0.05) is 48.1 Å². The van der Waals surface area contributed by atoms with Gasteiger partial charge >= 0.3 is 0 Å². The largest absolute Gasteiger partial charge is 0.507 e. The minimum absolute atomic E-state index is 0.182. The van der Waals surface area contributed by atoms with Crippen molar-refractivity contribution in [2.24, 2.45) is 27.7 Å². The zero-order valence-corrected chi connectivity index (χ0v) is 28.9. The van der Waals surface area contributed by atoms with E-state index in [0.717, 1.165) is 65.6 Å². The number of para-hydroxylation sites is 2. The molecule has 3 unspecified atom stereocenters. The number of allylic oxidation sites excluding steroid dienone is 4. The van der Waals surface area contributed by atoms with Crippen LogP contribution in [0.3, 0.4) is 0 Å². The minimum Gasteiger partial charge on any atom is -0.507 e. The van der Waals surface area contributed by atoms with Crippen molar-refractivity contribution in [3.63, 3.8) is 0 Å². The van der Waals surface area contributed by atoms with Crippen LogP contribution in [0.15, 0.2) is 101 Å². The normalized spacial score (nSPS) is 14.5. The molecule has 0 radical (unpaired) electrons. The van der Waals surface area contributed by atoms with Gasteiger partial charge in [-0.3, -0.25) is 0 Å². The number of phenols is 2. The second-order valence-corrected chi connectivity index (χ2v) is 11.9. The topological polar surface area (TPSA) is 83.0 Å². The fourth-order valence-corrected chi connectivity index (χ4v) is 4.84. The molecule has 3 atom stereocenters. The first-order chi connectivity index (χ1) is 21.3. The Morgan fingerprint density at radius 3 is 1.87 bits per heavy atom. The summed E-state index contributed by atoms with van der Waals surface area (Å²) in [5, 5.41) is 19.6. The Morgan fingerprint density at radius 1 is 0.844 bits per heavy atom. The number of imidazole rings is 1. The van der Waals surface area contributed by atoms with Crippen LogP contribution < -0.4 is 0 Å². The van der Waals surface area contributed by atoms with E-state index in [1.807, 2.05) is 63.5 Å². The predicted octanol–water partition coefficient (Wildman–Crippen LogP) is 10.2. The lowest BCUT2D eigenvalue weighted by Crippen LogP contribution is -2.14. The molecule has 2 N–H and O–H groups in total. The van der Waals surface area contributed by atoms with Crippen molar-refractivity contribution >= 4 is 17.1 Å². The number of phenolic OH excluding ortho intramolecular Hbond substituents is 2. The summed E-state index contributed by atoms with van der Waals surface area (Å²) in [5.74, 6) is 3.20.